The summed E-state index contributed by atoms with van der Waals surface area (Å²) in [5, 5.41) is 4.65. The Morgan fingerprint density at radius 2 is 1.85 bits per heavy atom. The first-order valence-electron chi connectivity index (χ1n) is 10.5. The molecule has 34 heavy (non-hydrogen) atoms. The van der Waals surface area contributed by atoms with Crippen LogP contribution in [-0.2, 0) is 10.8 Å². The van der Waals surface area contributed by atoms with Gasteiger partial charge in [0.2, 0.25) is 0 Å². The summed E-state index contributed by atoms with van der Waals surface area (Å²) in [7, 11) is 1.85. The number of hydrogen-bond acceptors (Lipinski definition) is 5. The molecule has 3 aromatic carbocycles. The van der Waals surface area contributed by atoms with E-state index < -0.39 is 16.8 Å². The predicted octanol–water partition coefficient (Wildman–Crippen LogP) is 5.92. The van der Waals surface area contributed by atoms with E-state index >= 15 is 0 Å². The number of nitrogens with one attached hydrogen (secondary N) is 2. The number of aromatic nitrogens is 1. The maximum Gasteiger partial charge on any atom is 0.191 e. The number of H-pyrrole nitrogens is 1. The molecule has 2 unspecified atom stereocenters. The van der Waals surface area contributed by atoms with E-state index in [1.165, 1.54) is 7.11 Å². The molecule has 2 atom stereocenters. The van der Waals surface area contributed by atoms with Gasteiger partial charge in [0.25, 0.3) is 0 Å². The van der Waals surface area contributed by atoms with Crippen molar-refractivity contribution in [2.45, 2.75) is 17.9 Å². The Labute approximate surface area is 205 Å². The Morgan fingerprint density at radius 1 is 1.06 bits per heavy atom. The Morgan fingerprint density at radius 3 is 2.56 bits per heavy atom. The average molecular weight is 497 g/mol. The van der Waals surface area contributed by atoms with Crippen molar-refractivity contribution in [3.8, 4) is 11.5 Å². The van der Waals surface area contributed by atoms with Gasteiger partial charge in [-0.25, -0.2) is 0 Å². The van der Waals surface area contributed by atoms with Crippen molar-refractivity contribution in [3.05, 3.63) is 82.5 Å². The molecule has 0 radical (unpaired) electrons. The van der Waals surface area contributed by atoms with Gasteiger partial charge < -0.3 is 19.8 Å². The van der Waals surface area contributed by atoms with E-state index in [1.807, 2.05) is 25.1 Å². The molecule has 0 bridgehead atoms. The molecular weight excluding hydrogens is 472 g/mol. The molecule has 6 nitrogen and oxygen atoms in total. The van der Waals surface area contributed by atoms with Crippen LogP contribution in [0.5, 0.6) is 11.5 Å². The molecule has 0 aliphatic rings. The average Bonchev–Trinajstić information content (AvgIpc) is 3.24. The van der Waals surface area contributed by atoms with E-state index in [-0.39, 0.29) is 5.78 Å². The van der Waals surface area contributed by atoms with Crippen LogP contribution < -0.4 is 14.8 Å². The molecule has 1 heterocycles. The van der Waals surface area contributed by atoms with Crippen LogP contribution in [0.15, 0.2) is 65.7 Å². The first-order valence-corrected chi connectivity index (χ1v) is 12.5. The Hall–Kier alpha value is -3.29. The maximum absolute atomic E-state index is 14.0. The number of benzene rings is 3. The Kier molecular flexibility index (Phi) is 6.95. The van der Waals surface area contributed by atoms with Crippen LogP contribution in [0.2, 0.25) is 5.02 Å². The second kappa shape index (κ2) is 9.91. The van der Waals surface area contributed by atoms with Crippen molar-refractivity contribution >= 4 is 44.8 Å². The number of rotatable bonds is 8. The molecule has 4 rings (SSSR count). The van der Waals surface area contributed by atoms with Gasteiger partial charge in [-0.05, 0) is 42.8 Å². The van der Waals surface area contributed by atoms with E-state index in [0.717, 1.165) is 16.5 Å². The topological polar surface area (TPSA) is 80.4 Å². The van der Waals surface area contributed by atoms with Gasteiger partial charge in [0.05, 0.1) is 14.2 Å². The lowest BCUT2D eigenvalue weighted by atomic mass is 9.95. The van der Waals surface area contributed by atoms with Crippen molar-refractivity contribution in [1.82, 2.24) is 4.98 Å². The summed E-state index contributed by atoms with van der Waals surface area (Å²) in [6, 6.07) is 15.5. The minimum absolute atomic E-state index is 0.155. The van der Waals surface area contributed by atoms with Crippen LogP contribution in [0.4, 0.5) is 5.69 Å². The lowest BCUT2D eigenvalue weighted by molar-refractivity contribution is 0.0970. The summed E-state index contributed by atoms with van der Waals surface area (Å²) in [6.07, 6.45) is 3.32. The van der Waals surface area contributed by atoms with Crippen LogP contribution in [0, 0.1) is 6.92 Å². The van der Waals surface area contributed by atoms with Crippen molar-refractivity contribution in [3.63, 3.8) is 0 Å². The molecule has 1 aromatic heterocycles. The third-order valence-corrected chi connectivity index (χ3v) is 6.76. The van der Waals surface area contributed by atoms with E-state index in [0.29, 0.717) is 38.2 Å². The number of carbonyl (C=O) groups excluding carboxylic acids is 1. The fourth-order valence-corrected chi connectivity index (χ4v) is 4.65. The second-order valence-electron chi connectivity index (χ2n) is 7.93. The molecule has 0 spiro atoms. The molecule has 8 heteroatoms. The Balaban J connectivity index is 1.85. The second-order valence-corrected chi connectivity index (χ2v) is 9.75. The molecular formula is C26H25ClN2O4S. The zero-order valence-corrected chi connectivity index (χ0v) is 20.8. The van der Waals surface area contributed by atoms with Gasteiger partial charge in [-0.3, -0.25) is 9.00 Å². The van der Waals surface area contributed by atoms with Crippen LogP contribution in [0.3, 0.4) is 0 Å². The molecule has 0 amide bonds. The van der Waals surface area contributed by atoms with E-state index in [9.17, 15) is 9.00 Å². The predicted molar refractivity (Wildman–Crippen MR) is 137 cm³/mol. The summed E-state index contributed by atoms with van der Waals surface area (Å²) in [5.41, 5.74) is 3.75. The van der Waals surface area contributed by atoms with Crippen LogP contribution in [0.25, 0.3) is 10.9 Å². The van der Waals surface area contributed by atoms with E-state index in [1.54, 1.807) is 56.0 Å². The first kappa shape index (κ1) is 23.9. The number of ether oxygens (including phenoxy) is 2. The fraction of sp³-hybridized carbons (Fsp3) is 0.192. The van der Waals surface area contributed by atoms with Gasteiger partial charge in [-0.15, -0.1) is 0 Å². The van der Waals surface area contributed by atoms with Gasteiger partial charge in [-0.2, -0.15) is 0 Å². The van der Waals surface area contributed by atoms with Gasteiger partial charge in [-0.1, -0.05) is 29.8 Å². The van der Waals surface area contributed by atoms with Gasteiger partial charge >= 0.3 is 0 Å². The third-order valence-electron chi connectivity index (χ3n) is 5.63. The van der Waals surface area contributed by atoms with Gasteiger partial charge in [0, 0.05) is 67.0 Å². The number of halogens is 1. The van der Waals surface area contributed by atoms with Crippen molar-refractivity contribution in [2.24, 2.45) is 0 Å². The summed E-state index contributed by atoms with van der Waals surface area (Å²) in [6.45, 7) is 2.00. The highest BCUT2D eigenvalue weighted by molar-refractivity contribution is 7.84. The van der Waals surface area contributed by atoms with Crippen molar-refractivity contribution in [2.75, 3.05) is 25.8 Å². The number of Topliss-reactive ketones (excluding diaryl/α,β-unsaturated/α-hetero) is 1. The molecule has 0 aliphatic carbocycles. The molecule has 0 saturated carbocycles. The van der Waals surface area contributed by atoms with Crippen molar-refractivity contribution < 1.29 is 18.5 Å². The minimum Gasteiger partial charge on any atom is -0.497 e. The SMILES string of the molecule is COc1cc(NC(C(=O)c2c[nH]c3cc(C)ccc23)c2ccc(Cl)cc2OC)cc(S(C)=O)c1. The van der Waals surface area contributed by atoms with Crippen LogP contribution in [0.1, 0.15) is 27.5 Å². The number of carbonyl (C=O) groups is 1. The molecule has 2 N–H and O–H groups in total. The summed E-state index contributed by atoms with van der Waals surface area (Å²) in [5.74, 6) is 0.862. The summed E-state index contributed by atoms with van der Waals surface area (Å²) >= 11 is 6.19. The Bertz CT molecular complexity index is 1400. The lowest BCUT2D eigenvalue weighted by Gasteiger charge is -2.22. The molecule has 0 fully saturated rings. The standard InChI is InChI=1S/C26H25ClN2O4S/c1-15-5-7-20-22(14-28-23(20)9-15)26(30)25(21-8-6-16(27)10-24(21)33-3)29-17-11-18(32-2)13-19(12-17)34(4)31/h5-14,25,28-29H,1-4H3. The summed E-state index contributed by atoms with van der Waals surface area (Å²) < 4.78 is 23.1. The normalized spacial score (nSPS) is 12.9. The smallest absolute Gasteiger partial charge is 0.191 e. The molecule has 0 saturated heterocycles. The zero-order chi connectivity index (χ0) is 24.4. The van der Waals surface area contributed by atoms with Crippen molar-refractivity contribution in [1.29, 1.82) is 0 Å². The summed E-state index contributed by atoms with van der Waals surface area (Å²) in [4.78, 5) is 17.8. The highest BCUT2D eigenvalue weighted by atomic mass is 35.5. The quantitative estimate of drug-likeness (QED) is 0.296. The van der Waals surface area contributed by atoms with Gasteiger partial charge in [0.1, 0.15) is 17.5 Å². The fourth-order valence-electron chi connectivity index (χ4n) is 3.91. The highest BCUT2D eigenvalue weighted by Crippen LogP contribution is 2.35. The molecule has 0 aliphatic heterocycles. The number of aryl methyl sites for hydroxylation is 1. The zero-order valence-electron chi connectivity index (χ0n) is 19.3. The maximum atomic E-state index is 14.0. The number of hydrogen-bond donors (Lipinski definition) is 2. The highest BCUT2D eigenvalue weighted by Gasteiger charge is 2.28. The third kappa shape index (κ3) is 4.81. The lowest BCUT2D eigenvalue weighted by Crippen LogP contribution is -2.22. The molecule has 176 valence electrons. The number of methoxy groups -OCH3 is 2. The minimum atomic E-state index is -1.23. The molecule has 4 aromatic rings. The monoisotopic (exact) mass is 496 g/mol. The largest absolute Gasteiger partial charge is 0.497 e. The number of fused-ring (bicyclic) bond motifs is 1. The number of aromatic amines is 1. The number of ketones is 1. The first-order chi connectivity index (χ1) is 16.3. The van der Waals surface area contributed by atoms with E-state index in [4.69, 9.17) is 21.1 Å². The van der Waals surface area contributed by atoms with Gasteiger partial charge in [0.15, 0.2) is 5.78 Å². The van der Waals surface area contributed by atoms with Crippen LogP contribution in [-0.4, -0.2) is 35.5 Å². The number of anilines is 1. The van der Waals surface area contributed by atoms with Crippen LogP contribution >= 0.6 is 11.6 Å². The van der Waals surface area contributed by atoms with E-state index in [2.05, 4.69) is 10.3 Å².